The monoisotopic (exact) mass is 299 g/mol. The molecule has 7 nitrogen and oxygen atoms in total. The Morgan fingerprint density at radius 2 is 1.95 bits per heavy atom. The molecule has 0 bridgehead atoms. The molecule has 0 amide bonds. The lowest BCUT2D eigenvalue weighted by atomic mass is 10.2. The van der Waals surface area contributed by atoms with Crippen LogP contribution in [0.15, 0.2) is 53.5 Å². The molecule has 2 heterocycles. The molecule has 0 unspecified atom stereocenters. The normalized spacial score (nSPS) is 10.7. The van der Waals surface area contributed by atoms with Gasteiger partial charge in [0, 0.05) is 6.20 Å². The van der Waals surface area contributed by atoms with Crippen molar-refractivity contribution in [2.24, 2.45) is 0 Å². The van der Waals surface area contributed by atoms with Crippen LogP contribution in [0.5, 0.6) is 5.75 Å². The van der Waals surface area contributed by atoms with Gasteiger partial charge in [0.2, 0.25) is 0 Å². The van der Waals surface area contributed by atoms with Gasteiger partial charge >= 0.3 is 11.7 Å². The molecule has 3 rings (SSSR count). The molecule has 0 saturated heterocycles. The highest BCUT2D eigenvalue weighted by Gasteiger charge is 2.11. The third kappa shape index (κ3) is 2.56. The van der Waals surface area contributed by atoms with Gasteiger partial charge in [-0.2, -0.15) is 0 Å². The van der Waals surface area contributed by atoms with Crippen LogP contribution >= 0.6 is 0 Å². The van der Waals surface area contributed by atoms with Crippen molar-refractivity contribution in [1.29, 1.82) is 0 Å². The standard InChI is InChI=1S/C15H13N3O4/c19-14(20)11-5-1-2-6-12(11)22-10-9-18-15(21)17-8-4-3-7-13(17)16-18/h1-8H,9-10H2,(H,19,20). The molecular weight excluding hydrogens is 286 g/mol. The summed E-state index contributed by atoms with van der Waals surface area (Å²) in [6.07, 6.45) is 1.64. The van der Waals surface area contributed by atoms with Crippen LogP contribution in [-0.2, 0) is 6.54 Å². The van der Waals surface area contributed by atoms with Crippen molar-refractivity contribution in [3.8, 4) is 5.75 Å². The predicted molar refractivity (Wildman–Crippen MR) is 78.3 cm³/mol. The minimum Gasteiger partial charge on any atom is -0.491 e. The van der Waals surface area contributed by atoms with Crippen LogP contribution in [0.3, 0.4) is 0 Å². The number of para-hydroxylation sites is 1. The first-order valence-electron chi connectivity index (χ1n) is 6.66. The van der Waals surface area contributed by atoms with E-state index in [0.29, 0.717) is 5.65 Å². The van der Waals surface area contributed by atoms with Crippen molar-refractivity contribution >= 4 is 11.6 Å². The number of fused-ring (bicyclic) bond motifs is 1. The van der Waals surface area contributed by atoms with Crippen molar-refractivity contribution in [1.82, 2.24) is 14.2 Å². The summed E-state index contributed by atoms with van der Waals surface area (Å²) in [4.78, 5) is 23.1. The zero-order chi connectivity index (χ0) is 15.5. The summed E-state index contributed by atoms with van der Waals surface area (Å²) in [5.41, 5.74) is 0.383. The maximum absolute atomic E-state index is 12.1. The van der Waals surface area contributed by atoms with E-state index in [0.717, 1.165) is 0 Å². The van der Waals surface area contributed by atoms with Gasteiger partial charge in [-0.3, -0.25) is 4.40 Å². The molecule has 0 spiro atoms. The number of carboxylic acids is 1. The average molecular weight is 299 g/mol. The summed E-state index contributed by atoms with van der Waals surface area (Å²) in [5, 5.41) is 13.2. The van der Waals surface area contributed by atoms with E-state index in [1.807, 2.05) is 0 Å². The fraction of sp³-hybridized carbons (Fsp3) is 0.133. The van der Waals surface area contributed by atoms with Crippen molar-refractivity contribution in [2.75, 3.05) is 6.61 Å². The van der Waals surface area contributed by atoms with E-state index in [1.54, 1.807) is 42.6 Å². The van der Waals surface area contributed by atoms with Crippen LogP contribution in [0.4, 0.5) is 0 Å². The molecule has 0 aliphatic rings. The van der Waals surface area contributed by atoms with E-state index in [4.69, 9.17) is 9.84 Å². The van der Waals surface area contributed by atoms with Gasteiger partial charge in [-0.1, -0.05) is 18.2 Å². The van der Waals surface area contributed by atoms with E-state index in [9.17, 15) is 9.59 Å². The van der Waals surface area contributed by atoms with Crippen molar-refractivity contribution in [3.63, 3.8) is 0 Å². The number of hydrogen-bond acceptors (Lipinski definition) is 4. The van der Waals surface area contributed by atoms with E-state index >= 15 is 0 Å². The fourth-order valence-corrected chi connectivity index (χ4v) is 2.13. The first kappa shape index (κ1) is 13.9. The predicted octanol–water partition coefficient (Wildman–Crippen LogP) is 1.27. The Bertz CT molecular complexity index is 882. The second-order valence-corrected chi connectivity index (χ2v) is 4.58. The van der Waals surface area contributed by atoms with E-state index in [2.05, 4.69) is 5.10 Å². The van der Waals surface area contributed by atoms with Gasteiger partial charge in [0.1, 0.15) is 17.9 Å². The molecule has 0 aliphatic carbocycles. The Balaban J connectivity index is 1.74. The third-order valence-corrected chi connectivity index (χ3v) is 3.17. The van der Waals surface area contributed by atoms with Gasteiger partial charge in [-0.05, 0) is 24.3 Å². The molecule has 0 radical (unpaired) electrons. The number of hydrogen-bond donors (Lipinski definition) is 1. The number of benzene rings is 1. The number of nitrogens with zero attached hydrogens (tertiary/aromatic N) is 3. The zero-order valence-corrected chi connectivity index (χ0v) is 11.5. The first-order chi connectivity index (χ1) is 10.7. The molecule has 0 fully saturated rings. The molecule has 0 aliphatic heterocycles. The molecule has 2 aromatic heterocycles. The molecule has 1 N–H and O–H groups in total. The van der Waals surface area contributed by atoms with E-state index in [1.165, 1.54) is 15.1 Å². The maximum Gasteiger partial charge on any atom is 0.350 e. The summed E-state index contributed by atoms with van der Waals surface area (Å²) in [6.45, 7) is 0.378. The van der Waals surface area contributed by atoms with Crippen LogP contribution in [-0.4, -0.2) is 31.9 Å². The van der Waals surface area contributed by atoms with Gasteiger partial charge in [0.15, 0.2) is 5.65 Å². The van der Waals surface area contributed by atoms with Crippen molar-refractivity contribution in [2.45, 2.75) is 6.54 Å². The quantitative estimate of drug-likeness (QED) is 0.767. The van der Waals surface area contributed by atoms with E-state index in [-0.39, 0.29) is 30.2 Å². The molecule has 3 aromatic rings. The topological polar surface area (TPSA) is 85.8 Å². The van der Waals surface area contributed by atoms with E-state index < -0.39 is 5.97 Å². The number of ether oxygens (including phenoxy) is 1. The van der Waals surface area contributed by atoms with Crippen LogP contribution in [0.2, 0.25) is 0 Å². The summed E-state index contributed by atoms with van der Waals surface area (Å²) in [6, 6.07) is 11.6. The lowest BCUT2D eigenvalue weighted by Gasteiger charge is -2.08. The second kappa shape index (κ2) is 5.72. The van der Waals surface area contributed by atoms with Crippen LogP contribution in [0, 0.1) is 0 Å². The number of carbonyl (C=O) groups is 1. The Hall–Kier alpha value is -3.09. The van der Waals surface area contributed by atoms with Gasteiger partial charge in [0.25, 0.3) is 0 Å². The van der Waals surface area contributed by atoms with Crippen LogP contribution in [0.1, 0.15) is 10.4 Å². The SMILES string of the molecule is O=C(O)c1ccccc1OCCn1nc2ccccn2c1=O. The summed E-state index contributed by atoms with van der Waals surface area (Å²) < 4.78 is 8.19. The highest BCUT2D eigenvalue weighted by molar-refractivity contribution is 5.90. The third-order valence-electron chi connectivity index (χ3n) is 3.17. The minimum absolute atomic E-state index is 0.0878. The number of pyridine rings is 1. The molecule has 1 aromatic carbocycles. The van der Waals surface area contributed by atoms with Gasteiger partial charge < -0.3 is 9.84 Å². The summed E-state index contributed by atoms with van der Waals surface area (Å²) in [5.74, 6) is -0.785. The zero-order valence-electron chi connectivity index (χ0n) is 11.5. The summed E-state index contributed by atoms with van der Waals surface area (Å²) >= 11 is 0. The Morgan fingerprint density at radius 3 is 2.73 bits per heavy atom. The summed E-state index contributed by atoms with van der Waals surface area (Å²) in [7, 11) is 0. The Morgan fingerprint density at radius 1 is 1.18 bits per heavy atom. The Labute approximate surface area is 125 Å². The van der Waals surface area contributed by atoms with Crippen molar-refractivity contribution in [3.05, 3.63) is 64.7 Å². The first-order valence-corrected chi connectivity index (χ1v) is 6.66. The highest BCUT2D eigenvalue weighted by atomic mass is 16.5. The fourth-order valence-electron chi connectivity index (χ4n) is 2.13. The largest absolute Gasteiger partial charge is 0.491 e. The highest BCUT2D eigenvalue weighted by Crippen LogP contribution is 2.17. The average Bonchev–Trinajstić information content (AvgIpc) is 2.85. The molecule has 7 heteroatoms. The molecule has 22 heavy (non-hydrogen) atoms. The van der Waals surface area contributed by atoms with Crippen LogP contribution in [0.25, 0.3) is 5.65 Å². The number of rotatable bonds is 5. The number of aromatic nitrogens is 3. The second-order valence-electron chi connectivity index (χ2n) is 4.58. The van der Waals surface area contributed by atoms with Gasteiger partial charge in [0.05, 0.1) is 6.54 Å². The number of aromatic carboxylic acids is 1. The minimum atomic E-state index is -1.06. The Kier molecular flexibility index (Phi) is 3.61. The number of carboxylic acid groups (broad SMARTS) is 1. The molecule has 0 saturated carbocycles. The maximum atomic E-state index is 12.1. The lowest BCUT2D eigenvalue weighted by Crippen LogP contribution is -2.24. The smallest absolute Gasteiger partial charge is 0.350 e. The van der Waals surface area contributed by atoms with Gasteiger partial charge in [-0.25, -0.2) is 14.3 Å². The van der Waals surface area contributed by atoms with Gasteiger partial charge in [-0.15, -0.1) is 5.10 Å². The molecule has 112 valence electrons. The van der Waals surface area contributed by atoms with Crippen molar-refractivity contribution < 1.29 is 14.6 Å². The van der Waals surface area contributed by atoms with Crippen LogP contribution < -0.4 is 10.4 Å². The molecule has 0 atom stereocenters. The molecular formula is C15H13N3O4. The lowest BCUT2D eigenvalue weighted by molar-refractivity contribution is 0.0692.